The Hall–Kier alpha value is -0.860. The van der Waals surface area contributed by atoms with Gasteiger partial charge in [0.15, 0.2) is 0 Å². The Morgan fingerprint density at radius 2 is 1.88 bits per heavy atom. The first-order chi connectivity index (χ1) is 7.65. The van der Waals surface area contributed by atoms with Crippen molar-refractivity contribution in [2.45, 2.75) is 18.7 Å². The summed E-state index contributed by atoms with van der Waals surface area (Å²) in [6.07, 6.45) is 0.738. The zero-order valence-electron chi connectivity index (χ0n) is 8.91. The van der Waals surface area contributed by atoms with Gasteiger partial charge in [0.05, 0.1) is 5.38 Å². The molecule has 1 unspecified atom stereocenters. The van der Waals surface area contributed by atoms with Crippen molar-refractivity contribution in [2.24, 2.45) is 0 Å². The van der Waals surface area contributed by atoms with E-state index in [1.165, 1.54) is 21.9 Å². The van der Waals surface area contributed by atoms with Crippen LogP contribution in [-0.4, -0.2) is 0 Å². The van der Waals surface area contributed by atoms with E-state index in [2.05, 4.69) is 19.1 Å². The highest BCUT2D eigenvalue weighted by molar-refractivity contribution is 7.12. The first-order valence-corrected chi connectivity index (χ1v) is 6.35. The number of hydrogen-bond acceptors (Lipinski definition) is 1. The van der Waals surface area contributed by atoms with Crippen LogP contribution >= 0.6 is 22.9 Å². The van der Waals surface area contributed by atoms with E-state index < -0.39 is 0 Å². The van der Waals surface area contributed by atoms with E-state index in [0.717, 1.165) is 12.0 Å². The third kappa shape index (κ3) is 2.83. The molecule has 0 nitrogen and oxygen atoms in total. The average Bonchev–Trinajstić information content (AvgIpc) is 2.68. The van der Waals surface area contributed by atoms with E-state index in [1.54, 1.807) is 23.5 Å². The lowest BCUT2D eigenvalue weighted by Gasteiger charge is -2.07. The maximum absolute atomic E-state index is 12.7. The number of hydrogen-bond donors (Lipinski definition) is 0. The van der Waals surface area contributed by atoms with Crippen LogP contribution in [0.4, 0.5) is 4.39 Å². The predicted molar refractivity (Wildman–Crippen MR) is 67.8 cm³/mol. The van der Waals surface area contributed by atoms with Gasteiger partial charge in [-0.05, 0) is 43.2 Å². The van der Waals surface area contributed by atoms with Gasteiger partial charge in [-0.15, -0.1) is 22.9 Å². The van der Waals surface area contributed by atoms with Gasteiger partial charge in [0.2, 0.25) is 0 Å². The second-order valence-corrected chi connectivity index (χ2v) is 5.59. The second-order valence-electron chi connectivity index (χ2n) is 3.75. The van der Waals surface area contributed by atoms with E-state index in [-0.39, 0.29) is 11.2 Å². The summed E-state index contributed by atoms with van der Waals surface area (Å²) in [5.41, 5.74) is 1.06. The first-order valence-electron chi connectivity index (χ1n) is 5.10. The molecular formula is C13H12ClFS. The minimum atomic E-state index is -0.207. The Bertz CT molecular complexity index is 461. The minimum Gasteiger partial charge on any atom is -0.207 e. The van der Waals surface area contributed by atoms with E-state index in [9.17, 15) is 4.39 Å². The second kappa shape index (κ2) is 4.98. The molecule has 84 valence electrons. The zero-order valence-corrected chi connectivity index (χ0v) is 10.5. The molecule has 0 radical (unpaired) electrons. The lowest BCUT2D eigenvalue weighted by atomic mass is 10.1. The van der Waals surface area contributed by atoms with Crippen LogP contribution in [0.15, 0.2) is 36.4 Å². The SMILES string of the molecule is Cc1ccc(C(Cl)Cc2ccc(F)cc2)s1. The van der Waals surface area contributed by atoms with Crippen LogP contribution in [0.1, 0.15) is 20.7 Å². The molecule has 0 saturated carbocycles. The van der Waals surface area contributed by atoms with Crippen LogP contribution in [0.5, 0.6) is 0 Å². The summed E-state index contributed by atoms with van der Waals surface area (Å²) < 4.78 is 12.7. The molecule has 0 amide bonds. The molecule has 0 N–H and O–H groups in total. The van der Waals surface area contributed by atoms with Gasteiger partial charge in [0, 0.05) is 9.75 Å². The maximum atomic E-state index is 12.7. The summed E-state index contributed by atoms with van der Waals surface area (Å²) in [5.74, 6) is -0.207. The van der Waals surface area contributed by atoms with E-state index in [1.807, 2.05) is 0 Å². The molecule has 1 atom stereocenters. The molecule has 1 aromatic carbocycles. The van der Waals surface area contributed by atoms with E-state index in [0.29, 0.717) is 0 Å². The first kappa shape index (κ1) is 11.6. The highest BCUT2D eigenvalue weighted by atomic mass is 35.5. The highest BCUT2D eigenvalue weighted by Gasteiger charge is 2.10. The van der Waals surface area contributed by atoms with Crippen LogP contribution in [0.3, 0.4) is 0 Å². The third-order valence-corrected chi connectivity index (χ3v) is 4.03. The van der Waals surface area contributed by atoms with Gasteiger partial charge in [-0.2, -0.15) is 0 Å². The third-order valence-electron chi connectivity index (χ3n) is 2.40. The van der Waals surface area contributed by atoms with Crippen LogP contribution in [0.25, 0.3) is 0 Å². The molecule has 0 saturated heterocycles. The molecule has 0 bridgehead atoms. The summed E-state index contributed by atoms with van der Waals surface area (Å²) in [5, 5.41) is -0.0239. The quantitative estimate of drug-likeness (QED) is 0.696. The Morgan fingerprint density at radius 1 is 1.19 bits per heavy atom. The molecule has 3 heteroatoms. The normalized spacial score (nSPS) is 12.7. The zero-order chi connectivity index (χ0) is 11.5. The number of halogens is 2. The summed E-state index contributed by atoms with van der Waals surface area (Å²) in [6.45, 7) is 2.07. The minimum absolute atomic E-state index is 0.0239. The molecular weight excluding hydrogens is 243 g/mol. The maximum Gasteiger partial charge on any atom is 0.123 e. The number of thiophene rings is 1. The van der Waals surface area contributed by atoms with Crippen molar-refractivity contribution in [2.75, 3.05) is 0 Å². The predicted octanol–water partition coefficient (Wildman–Crippen LogP) is 4.72. The van der Waals surface area contributed by atoms with Gasteiger partial charge in [-0.1, -0.05) is 12.1 Å². The molecule has 0 fully saturated rings. The molecule has 0 spiro atoms. The van der Waals surface area contributed by atoms with Gasteiger partial charge >= 0.3 is 0 Å². The van der Waals surface area contributed by atoms with Crippen LogP contribution in [-0.2, 0) is 6.42 Å². The van der Waals surface area contributed by atoms with Gasteiger partial charge in [0.25, 0.3) is 0 Å². The fourth-order valence-electron chi connectivity index (χ4n) is 1.55. The van der Waals surface area contributed by atoms with Crippen LogP contribution in [0, 0.1) is 12.7 Å². The van der Waals surface area contributed by atoms with Crippen molar-refractivity contribution < 1.29 is 4.39 Å². The fraction of sp³-hybridized carbons (Fsp3) is 0.231. The van der Waals surface area contributed by atoms with Gasteiger partial charge in [-0.3, -0.25) is 0 Å². The molecule has 2 rings (SSSR count). The van der Waals surface area contributed by atoms with E-state index in [4.69, 9.17) is 11.6 Å². The van der Waals surface area contributed by atoms with E-state index >= 15 is 0 Å². The van der Waals surface area contributed by atoms with Crippen LogP contribution < -0.4 is 0 Å². The van der Waals surface area contributed by atoms with Crippen molar-refractivity contribution >= 4 is 22.9 Å². The van der Waals surface area contributed by atoms with Gasteiger partial charge < -0.3 is 0 Å². The Kier molecular flexibility index (Phi) is 3.62. The smallest absolute Gasteiger partial charge is 0.123 e. The Balaban J connectivity index is 2.07. The Morgan fingerprint density at radius 3 is 2.44 bits per heavy atom. The van der Waals surface area contributed by atoms with Crippen molar-refractivity contribution in [1.29, 1.82) is 0 Å². The Labute approximate surface area is 104 Å². The van der Waals surface area contributed by atoms with Crippen LogP contribution in [0.2, 0.25) is 0 Å². The van der Waals surface area contributed by atoms with Gasteiger partial charge in [0.1, 0.15) is 5.82 Å². The lowest BCUT2D eigenvalue weighted by Crippen LogP contribution is -1.93. The van der Waals surface area contributed by atoms with Crippen molar-refractivity contribution in [3.8, 4) is 0 Å². The van der Waals surface area contributed by atoms with Crippen molar-refractivity contribution in [3.05, 3.63) is 57.5 Å². The number of aryl methyl sites for hydroxylation is 1. The summed E-state index contributed by atoms with van der Waals surface area (Å²) in [6, 6.07) is 10.6. The largest absolute Gasteiger partial charge is 0.207 e. The lowest BCUT2D eigenvalue weighted by molar-refractivity contribution is 0.627. The summed E-state index contributed by atoms with van der Waals surface area (Å²) in [4.78, 5) is 2.43. The highest BCUT2D eigenvalue weighted by Crippen LogP contribution is 2.30. The summed E-state index contributed by atoms with van der Waals surface area (Å²) in [7, 11) is 0. The molecule has 0 aliphatic rings. The monoisotopic (exact) mass is 254 g/mol. The van der Waals surface area contributed by atoms with Gasteiger partial charge in [-0.25, -0.2) is 4.39 Å². The van der Waals surface area contributed by atoms with Crippen molar-refractivity contribution in [1.82, 2.24) is 0 Å². The molecule has 0 aliphatic heterocycles. The number of alkyl halides is 1. The molecule has 16 heavy (non-hydrogen) atoms. The fourth-order valence-corrected chi connectivity index (χ4v) is 2.79. The molecule has 1 heterocycles. The summed E-state index contributed by atoms with van der Waals surface area (Å²) >= 11 is 8.02. The molecule has 2 aromatic rings. The average molecular weight is 255 g/mol. The topological polar surface area (TPSA) is 0 Å². The molecule has 1 aromatic heterocycles. The number of rotatable bonds is 3. The standard InChI is InChI=1S/C13H12ClFS/c1-9-2-7-13(16-9)12(14)8-10-3-5-11(15)6-4-10/h2-7,12H,8H2,1H3. The van der Waals surface area contributed by atoms with Crippen molar-refractivity contribution in [3.63, 3.8) is 0 Å². The molecule has 0 aliphatic carbocycles. The number of benzene rings is 1.